The summed E-state index contributed by atoms with van der Waals surface area (Å²) >= 11 is 37.6. The number of aliphatic hydroxyl groups excluding tert-OH is 2. The second kappa shape index (κ2) is 35.2. The van der Waals surface area contributed by atoms with E-state index in [1.54, 1.807) is 78.9 Å². The Morgan fingerprint density at radius 1 is 0.431 bits per heavy atom. The van der Waals surface area contributed by atoms with Crippen LogP contribution in [0.3, 0.4) is 0 Å². The average Bonchev–Trinajstić information content (AvgIpc) is 1.54. The molecule has 6 heterocycles. The smallest absolute Gasteiger partial charge is 0.237 e. The van der Waals surface area contributed by atoms with E-state index in [0.717, 1.165) is 12.8 Å². The van der Waals surface area contributed by atoms with Crippen LogP contribution in [0.5, 0.6) is 0 Å². The zero-order valence-corrected chi connectivity index (χ0v) is 70.2. The van der Waals surface area contributed by atoms with E-state index in [1.165, 1.54) is 18.2 Å². The van der Waals surface area contributed by atoms with E-state index < -0.39 is 87.7 Å². The summed E-state index contributed by atoms with van der Waals surface area (Å²) in [7, 11) is 0. The van der Waals surface area contributed by atoms with Crippen molar-refractivity contribution in [3.63, 3.8) is 0 Å². The molecule has 624 valence electrons. The van der Waals surface area contributed by atoms with Gasteiger partial charge in [-0.05, 0) is 199 Å². The van der Waals surface area contributed by atoms with Crippen LogP contribution < -0.4 is 31.9 Å². The summed E-state index contributed by atoms with van der Waals surface area (Å²) in [6, 6.07) is 26.4. The Morgan fingerprint density at radius 3 is 1.03 bits per heavy atom. The van der Waals surface area contributed by atoms with E-state index in [9.17, 15) is 43.8 Å². The van der Waals surface area contributed by atoms with Crippen molar-refractivity contribution in [2.75, 3.05) is 16.0 Å². The number of carbonyl (C=O) groups is 7. The highest BCUT2D eigenvalue weighted by atomic mass is 35.5. The van der Waals surface area contributed by atoms with E-state index in [2.05, 4.69) is 94.2 Å². The molecule has 24 heteroatoms. The Balaban J connectivity index is 0.000000170. The molecule has 6 aromatic carbocycles. The molecule has 15 rings (SSSR count). The van der Waals surface area contributed by atoms with Gasteiger partial charge in [0.1, 0.15) is 39.5 Å². The summed E-state index contributed by atoms with van der Waals surface area (Å²) in [6.07, 6.45) is 11.1. The molecule has 13 unspecified atom stereocenters. The summed E-state index contributed by atoms with van der Waals surface area (Å²) < 4.78 is 47.4. The van der Waals surface area contributed by atoms with Gasteiger partial charge in [0.2, 0.25) is 17.7 Å². The molecule has 116 heavy (non-hydrogen) atoms. The summed E-state index contributed by atoms with van der Waals surface area (Å²) in [6.45, 7) is 18.8. The lowest BCUT2D eigenvalue weighted by Crippen LogP contribution is -2.49. The first-order chi connectivity index (χ1) is 53.7. The second-order valence-electron chi connectivity index (χ2n) is 36.8. The highest BCUT2D eigenvalue weighted by Gasteiger charge is 2.69. The number of fused-ring (bicyclic) bond motifs is 6. The number of Topliss-reactive ketones (excluding diaryl/α,β-unsaturated/α-hetero) is 4. The molecule has 3 spiro atoms. The first-order valence-corrected chi connectivity index (χ1v) is 42.1. The van der Waals surface area contributed by atoms with Gasteiger partial charge in [-0.15, -0.1) is 0 Å². The van der Waals surface area contributed by atoms with Crippen LogP contribution in [0, 0.1) is 51.5 Å². The SMILES string of the molecule is C.C.CC(C)(C)CC1NC(C(=O)CC2CC=C(O)CC2)C(c2cccc(Cl)c2F)C12C(=O)Nc1cc(Cl)ccc12.CC(C)(C)CC1NC(C(=O)CC2CCC(=O)CC2)C(c2cccc(Cl)c2F)C12C(=O)Nc1cc(Cl)ccc12.CC(C)(C)CC1NC(C(=O)CC2CCC(O)CC2)C(c2cccc(Cl)c2F)C12C(=O)Nc1cc(Cl)ccc12. The third-order valence-corrected chi connectivity index (χ3v) is 26.9. The number of rotatable bonds is 15. The van der Waals surface area contributed by atoms with Gasteiger partial charge >= 0.3 is 0 Å². The van der Waals surface area contributed by atoms with Crippen LogP contribution in [-0.2, 0) is 49.8 Å². The number of carbonyl (C=O) groups excluding carboxylic acids is 7. The summed E-state index contributed by atoms with van der Waals surface area (Å²) in [5, 5.41) is 40.7. The minimum Gasteiger partial charge on any atom is -0.513 e. The molecule has 0 bridgehead atoms. The lowest BCUT2D eigenvalue weighted by atomic mass is 9.62. The summed E-state index contributed by atoms with van der Waals surface area (Å²) in [5.41, 5.74) is 0.329. The number of allylic oxidation sites excluding steroid dienone is 2. The maximum absolute atomic E-state index is 15.8. The average molecular weight is 1710 g/mol. The van der Waals surface area contributed by atoms with Gasteiger partial charge in [0.25, 0.3) is 0 Å². The molecule has 9 aliphatic rings. The van der Waals surface area contributed by atoms with Gasteiger partial charge in [-0.3, -0.25) is 33.6 Å². The Bertz CT molecular complexity index is 4810. The molecule has 8 N–H and O–H groups in total. The third-order valence-electron chi connectivity index (χ3n) is 25.3. The fourth-order valence-corrected chi connectivity index (χ4v) is 21.5. The first kappa shape index (κ1) is 90.1. The predicted octanol–water partition coefficient (Wildman–Crippen LogP) is 21.4. The number of aliphatic hydroxyl groups is 2. The number of benzene rings is 6. The highest BCUT2D eigenvalue weighted by molar-refractivity contribution is 6.33. The van der Waals surface area contributed by atoms with Crippen molar-refractivity contribution in [3.8, 4) is 0 Å². The Labute approximate surface area is 710 Å². The Hall–Kier alpha value is -6.68. The quantitative estimate of drug-likeness (QED) is 0.0480. The van der Waals surface area contributed by atoms with Crippen LogP contribution >= 0.6 is 69.6 Å². The van der Waals surface area contributed by atoms with Crippen molar-refractivity contribution in [1.29, 1.82) is 0 Å². The standard InChI is InChI=1S/C30H35Cl2FN2O3.2C30H33Cl2FN2O3.2CH4/c3*1-29(2,3)15-24-30(20-12-9-17(31)14-22(20)34-28(30)38)25(19-5-4-6-21(32)26(19)33)27(35-24)23(37)13-16-7-10-18(36)11-8-16;;/h4-6,9,12,14,16,18,24-25,27,35-36H,7-8,10-11,13,15H2,1-3H3,(H,34,38);4-6,9,12,14,16,24-25,27,35H,7-8,10-11,13,15H2,1-3H3,(H,34,38);4-6,9-10,12,14,16,24-25,27,35-36H,7-8,11,13,15H2,1-3H3,(H,34,38);2*1H4. The molecule has 0 aromatic heterocycles. The van der Waals surface area contributed by atoms with Crippen molar-refractivity contribution in [2.45, 2.75) is 263 Å². The van der Waals surface area contributed by atoms with Gasteiger partial charge in [0, 0.05) is 107 Å². The van der Waals surface area contributed by atoms with Crippen LogP contribution in [-0.4, -0.2) is 93.4 Å². The summed E-state index contributed by atoms with van der Waals surface area (Å²) in [5.74, 6) is -4.39. The van der Waals surface area contributed by atoms with E-state index in [-0.39, 0.29) is 140 Å². The lowest BCUT2D eigenvalue weighted by molar-refractivity contribution is -0.125. The minimum absolute atomic E-state index is 0. The Morgan fingerprint density at radius 2 is 0.733 bits per heavy atom. The lowest BCUT2D eigenvalue weighted by Gasteiger charge is -2.38. The molecule has 3 saturated heterocycles. The molecule has 15 nitrogen and oxygen atoms in total. The first-order valence-electron chi connectivity index (χ1n) is 39.8. The Kier molecular flexibility index (Phi) is 27.3. The van der Waals surface area contributed by atoms with E-state index in [4.69, 9.17) is 69.6 Å². The molecule has 2 saturated carbocycles. The maximum atomic E-state index is 15.8. The van der Waals surface area contributed by atoms with Crippen molar-refractivity contribution >= 4 is 128 Å². The van der Waals surface area contributed by atoms with Crippen LogP contribution in [0.15, 0.2) is 121 Å². The van der Waals surface area contributed by atoms with Gasteiger partial charge < -0.3 is 42.1 Å². The number of hydrogen-bond donors (Lipinski definition) is 8. The third kappa shape index (κ3) is 17.5. The maximum Gasteiger partial charge on any atom is 0.237 e. The summed E-state index contributed by atoms with van der Waals surface area (Å²) in [4.78, 5) is 96.4. The number of nitrogens with one attached hydrogen (secondary N) is 6. The van der Waals surface area contributed by atoms with Gasteiger partial charge in [0.15, 0.2) is 17.3 Å². The van der Waals surface area contributed by atoms with Crippen molar-refractivity contribution in [3.05, 3.63) is 202 Å². The van der Waals surface area contributed by atoms with Crippen LogP contribution in [0.4, 0.5) is 30.2 Å². The van der Waals surface area contributed by atoms with E-state index >= 15 is 13.2 Å². The molecule has 5 fully saturated rings. The van der Waals surface area contributed by atoms with Crippen LogP contribution in [0.1, 0.15) is 237 Å². The van der Waals surface area contributed by atoms with Crippen molar-refractivity contribution in [2.24, 2.45) is 34.0 Å². The van der Waals surface area contributed by atoms with E-state index in [1.807, 2.05) is 18.2 Å². The normalized spacial score (nSPS) is 28.6. The fourth-order valence-electron chi connectivity index (χ4n) is 20.5. The topological polar surface area (TPSA) is 232 Å². The molecule has 0 radical (unpaired) electrons. The van der Waals surface area contributed by atoms with Crippen LogP contribution in [0.2, 0.25) is 30.1 Å². The number of anilines is 3. The number of ketones is 4. The van der Waals surface area contributed by atoms with Gasteiger partial charge in [-0.1, -0.05) is 201 Å². The van der Waals surface area contributed by atoms with Crippen LogP contribution in [0.25, 0.3) is 0 Å². The number of hydrogen-bond acceptors (Lipinski definition) is 12. The van der Waals surface area contributed by atoms with Gasteiger partial charge in [-0.25, -0.2) is 13.2 Å². The minimum atomic E-state index is -1.25. The largest absolute Gasteiger partial charge is 0.513 e. The molecule has 13 atom stereocenters. The second-order valence-corrected chi connectivity index (χ2v) is 39.3. The molecule has 3 aliphatic carbocycles. The molecular weight excluding hydrogens is 1600 g/mol. The fraction of sp³-hybridized carbons (Fsp3) is 0.511. The molecule has 6 aromatic rings. The van der Waals surface area contributed by atoms with E-state index in [0.29, 0.717) is 138 Å². The zero-order chi connectivity index (χ0) is 82.2. The van der Waals surface area contributed by atoms with Crippen molar-refractivity contribution < 1.29 is 56.9 Å². The number of amides is 3. The van der Waals surface area contributed by atoms with Gasteiger partial charge in [-0.2, -0.15) is 0 Å². The monoisotopic (exact) mass is 1710 g/mol. The predicted molar refractivity (Wildman–Crippen MR) is 457 cm³/mol. The molecule has 6 aliphatic heterocycles. The zero-order valence-electron chi connectivity index (χ0n) is 65.6. The molecule has 3 amide bonds. The molecular formula is C92H109Cl6F3N6O9. The van der Waals surface area contributed by atoms with Gasteiger partial charge in [0.05, 0.1) is 45.1 Å². The number of halogens is 9. The highest BCUT2D eigenvalue weighted by Crippen LogP contribution is 2.62. The van der Waals surface area contributed by atoms with Crippen molar-refractivity contribution in [1.82, 2.24) is 16.0 Å².